The molecule has 7 nitrogen and oxygen atoms in total. The molecule has 1 fully saturated rings. The fourth-order valence-electron chi connectivity index (χ4n) is 3.84. The minimum atomic E-state index is -4.48. The van der Waals surface area contributed by atoms with Crippen LogP contribution in [-0.4, -0.2) is 37.2 Å². The molecule has 3 heterocycles. The Balaban J connectivity index is 1.38. The highest BCUT2D eigenvalue weighted by Crippen LogP contribution is 2.30. The van der Waals surface area contributed by atoms with Crippen molar-refractivity contribution >= 4 is 17.4 Å². The van der Waals surface area contributed by atoms with Gasteiger partial charge in [-0.3, -0.25) is 13.9 Å². The zero-order valence-corrected chi connectivity index (χ0v) is 16.7. The van der Waals surface area contributed by atoms with Crippen LogP contribution in [0.5, 0.6) is 0 Å². The third-order valence-corrected chi connectivity index (χ3v) is 5.68. The number of anilines is 1. The highest BCUT2D eigenvalue weighted by atomic mass is 19.4. The van der Waals surface area contributed by atoms with E-state index >= 15 is 0 Å². The topological polar surface area (TPSA) is 76.2 Å². The number of amides is 1. The molecule has 0 spiro atoms. The molecule has 2 N–H and O–H groups in total. The number of aryl methyl sites for hydroxylation is 1. The van der Waals surface area contributed by atoms with Gasteiger partial charge in [-0.1, -0.05) is 6.07 Å². The number of aromatic nitrogens is 4. The molecule has 3 aromatic rings. The van der Waals surface area contributed by atoms with E-state index in [1.807, 2.05) is 6.92 Å². The van der Waals surface area contributed by atoms with Crippen LogP contribution in [0.1, 0.15) is 47.4 Å². The lowest BCUT2D eigenvalue weighted by atomic mass is 9.91. The quantitative estimate of drug-likeness (QED) is 0.677. The molecule has 1 saturated carbocycles. The molecule has 30 heavy (non-hydrogen) atoms. The van der Waals surface area contributed by atoms with E-state index in [1.54, 1.807) is 36.1 Å². The number of carbonyl (C=O) groups is 1. The molecule has 0 unspecified atom stereocenters. The van der Waals surface area contributed by atoms with Crippen molar-refractivity contribution in [1.82, 2.24) is 24.5 Å². The molecular weight excluding hydrogens is 397 g/mol. The highest BCUT2D eigenvalue weighted by Gasteiger charge is 2.34. The molecular formula is C20H23F3N6O. The van der Waals surface area contributed by atoms with Crippen LogP contribution < -0.4 is 10.6 Å². The van der Waals surface area contributed by atoms with Gasteiger partial charge in [0.1, 0.15) is 11.5 Å². The first-order chi connectivity index (χ1) is 14.2. The summed E-state index contributed by atoms with van der Waals surface area (Å²) in [6, 6.07) is 5.16. The number of imidazole rings is 1. The number of alkyl halides is 3. The lowest BCUT2D eigenvalue weighted by Gasteiger charge is -2.30. The number of fused-ring (bicyclic) bond motifs is 1. The first-order valence-electron chi connectivity index (χ1n) is 9.83. The Morgan fingerprint density at radius 2 is 1.87 bits per heavy atom. The highest BCUT2D eigenvalue weighted by molar-refractivity contribution is 5.95. The van der Waals surface area contributed by atoms with Gasteiger partial charge in [0, 0.05) is 31.0 Å². The van der Waals surface area contributed by atoms with Crippen molar-refractivity contribution in [1.29, 1.82) is 0 Å². The maximum Gasteiger partial charge on any atom is 0.434 e. The number of rotatable bonds is 4. The molecule has 0 saturated heterocycles. The second-order valence-corrected chi connectivity index (χ2v) is 7.70. The van der Waals surface area contributed by atoms with E-state index in [0.717, 1.165) is 37.6 Å². The van der Waals surface area contributed by atoms with Gasteiger partial charge in [0.25, 0.3) is 5.91 Å². The van der Waals surface area contributed by atoms with Crippen molar-refractivity contribution in [3.63, 3.8) is 0 Å². The van der Waals surface area contributed by atoms with E-state index in [9.17, 15) is 18.0 Å². The number of hydrogen-bond acceptors (Lipinski definition) is 4. The van der Waals surface area contributed by atoms with Gasteiger partial charge < -0.3 is 10.6 Å². The molecule has 0 aromatic carbocycles. The van der Waals surface area contributed by atoms with Crippen LogP contribution in [0.25, 0.3) is 5.65 Å². The van der Waals surface area contributed by atoms with E-state index in [-0.39, 0.29) is 23.6 Å². The van der Waals surface area contributed by atoms with Gasteiger partial charge >= 0.3 is 6.18 Å². The van der Waals surface area contributed by atoms with Crippen molar-refractivity contribution in [3.8, 4) is 0 Å². The SMILES string of the molecule is Cc1c(C(=O)N[C@H]2CC[C@@H](Nc3cccc4nc(C(F)(F)F)cn34)CC2)cnn1C. The van der Waals surface area contributed by atoms with E-state index < -0.39 is 11.9 Å². The predicted molar refractivity (Wildman–Crippen MR) is 105 cm³/mol. The average molecular weight is 420 g/mol. The fourth-order valence-corrected chi connectivity index (χ4v) is 3.84. The standard InChI is InChI=1S/C20H23F3N6O/c1-12-15(10-24-28(12)2)19(30)26-14-8-6-13(7-9-14)25-17-4-3-5-18-27-16(11-29(17)18)20(21,22)23/h3-5,10-11,13-14,25H,6-9H2,1-2H3,(H,26,30)/t13-,14+. The van der Waals surface area contributed by atoms with Gasteiger partial charge in [0.2, 0.25) is 0 Å². The molecule has 160 valence electrons. The van der Waals surface area contributed by atoms with Gasteiger partial charge in [-0.2, -0.15) is 18.3 Å². The second kappa shape index (κ2) is 7.66. The first-order valence-corrected chi connectivity index (χ1v) is 9.83. The molecule has 4 rings (SSSR count). The summed E-state index contributed by atoms with van der Waals surface area (Å²) in [6.07, 6.45) is 1.28. The number of nitrogens with zero attached hydrogens (tertiary/aromatic N) is 4. The summed E-state index contributed by atoms with van der Waals surface area (Å²) in [7, 11) is 1.79. The minimum absolute atomic E-state index is 0.0658. The van der Waals surface area contributed by atoms with E-state index in [2.05, 4.69) is 20.7 Å². The average Bonchev–Trinajstić information content (AvgIpc) is 3.28. The van der Waals surface area contributed by atoms with Crippen LogP contribution in [0.15, 0.2) is 30.6 Å². The molecule has 1 aliphatic carbocycles. The zero-order chi connectivity index (χ0) is 21.5. The Hall–Kier alpha value is -3.04. The van der Waals surface area contributed by atoms with Gasteiger partial charge in [-0.15, -0.1) is 0 Å². The Morgan fingerprint density at radius 1 is 1.17 bits per heavy atom. The number of carbonyl (C=O) groups excluding carboxylic acids is 1. The number of halogens is 3. The van der Waals surface area contributed by atoms with Crippen LogP contribution in [0, 0.1) is 6.92 Å². The van der Waals surface area contributed by atoms with Crippen molar-refractivity contribution in [2.24, 2.45) is 7.05 Å². The van der Waals surface area contributed by atoms with Crippen molar-refractivity contribution in [2.45, 2.75) is 50.9 Å². The van der Waals surface area contributed by atoms with Crippen molar-refractivity contribution < 1.29 is 18.0 Å². The van der Waals surface area contributed by atoms with Crippen LogP contribution in [0.3, 0.4) is 0 Å². The summed E-state index contributed by atoms with van der Waals surface area (Å²) >= 11 is 0. The van der Waals surface area contributed by atoms with Crippen LogP contribution in [-0.2, 0) is 13.2 Å². The van der Waals surface area contributed by atoms with E-state index in [4.69, 9.17) is 0 Å². The summed E-state index contributed by atoms with van der Waals surface area (Å²) < 4.78 is 42.0. The Kier molecular flexibility index (Phi) is 5.17. The van der Waals surface area contributed by atoms with E-state index in [0.29, 0.717) is 11.4 Å². The first kappa shape index (κ1) is 20.2. The number of pyridine rings is 1. The number of hydrogen-bond donors (Lipinski definition) is 2. The maximum absolute atomic E-state index is 13.0. The number of nitrogens with one attached hydrogen (secondary N) is 2. The summed E-state index contributed by atoms with van der Waals surface area (Å²) in [4.78, 5) is 16.1. The Bertz CT molecular complexity index is 1060. The molecule has 1 amide bonds. The summed E-state index contributed by atoms with van der Waals surface area (Å²) in [5.74, 6) is 0.453. The van der Waals surface area contributed by atoms with Gasteiger partial charge in [0.15, 0.2) is 5.69 Å². The molecule has 0 bridgehead atoms. The van der Waals surface area contributed by atoms with Crippen molar-refractivity contribution in [2.75, 3.05) is 5.32 Å². The fraction of sp³-hybridized carbons (Fsp3) is 0.450. The molecule has 1 aliphatic rings. The lowest BCUT2D eigenvalue weighted by molar-refractivity contribution is -0.140. The van der Waals surface area contributed by atoms with Crippen molar-refractivity contribution in [3.05, 3.63) is 47.5 Å². The second-order valence-electron chi connectivity index (χ2n) is 7.70. The smallest absolute Gasteiger partial charge is 0.368 e. The normalized spacial score (nSPS) is 19.8. The largest absolute Gasteiger partial charge is 0.434 e. The maximum atomic E-state index is 13.0. The Morgan fingerprint density at radius 3 is 2.50 bits per heavy atom. The lowest BCUT2D eigenvalue weighted by Crippen LogP contribution is -2.40. The van der Waals surface area contributed by atoms with Crippen LogP contribution in [0.2, 0.25) is 0 Å². The van der Waals surface area contributed by atoms with Crippen LogP contribution >= 0.6 is 0 Å². The minimum Gasteiger partial charge on any atom is -0.368 e. The van der Waals surface area contributed by atoms with Gasteiger partial charge in [-0.25, -0.2) is 4.98 Å². The zero-order valence-electron chi connectivity index (χ0n) is 16.7. The summed E-state index contributed by atoms with van der Waals surface area (Å²) in [6.45, 7) is 1.85. The third-order valence-electron chi connectivity index (χ3n) is 5.68. The molecule has 3 aromatic heterocycles. The molecule has 0 radical (unpaired) electrons. The molecule has 0 aliphatic heterocycles. The third kappa shape index (κ3) is 3.99. The van der Waals surface area contributed by atoms with E-state index in [1.165, 1.54) is 4.40 Å². The summed E-state index contributed by atoms with van der Waals surface area (Å²) in [5.41, 5.74) is 0.730. The molecule has 0 atom stereocenters. The van der Waals surface area contributed by atoms with Crippen LogP contribution in [0.4, 0.5) is 19.0 Å². The summed E-state index contributed by atoms with van der Waals surface area (Å²) in [5, 5.41) is 10.5. The Labute approximate surface area is 171 Å². The van der Waals surface area contributed by atoms with Gasteiger partial charge in [-0.05, 0) is 44.7 Å². The van der Waals surface area contributed by atoms with Gasteiger partial charge in [0.05, 0.1) is 11.8 Å². The monoisotopic (exact) mass is 420 g/mol. The molecule has 10 heteroatoms. The predicted octanol–water partition coefficient (Wildman–Crippen LogP) is 3.55.